The SMILES string of the molecule is C=CC(=O)OCCOc1ccc(-c2ccc(OCCCCCCOC(=O)C(=C)C)cc2)cc1. The van der Waals surface area contributed by atoms with Crippen molar-refractivity contribution < 1.29 is 28.5 Å². The van der Waals surface area contributed by atoms with Crippen LogP contribution >= 0.6 is 0 Å². The van der Waals surface area contributed by atoms with Crippen molar-refractivity contribution >= 4 is 11.9 Å². The Balaban J connectivity index is 1.64. The molecule has 0 saturated heterocycles. The molecule has 0 atom stereocenters. The summed E-state index contributed by atoms with van der Waals surface area (Å²) < 4.78 is 21.3. The average Bonchev–Trinajstić information content (AvgIpc) is 2.83. The molecule has 0 bridgehead atoms. The molecule has 0 aliphatic heterocycles. The molecule has 0 aliphatic rings. The van der Waals surface area contributed by atoms with Crippen LogP contribution in [-0.4, -0.2) is 38.4 Å². The molecule has 0 amide bonds. The van der Waals surface area contributed by atoms with Crippen molar-refractivity contribution in [2.24, 2.45) is 0 Å². The zero-order valence-corrected chi connectivity index (χ0v) is 19.2. The van der Waals surface area contributed by atoms with Crippen molar-refractivity contribution in [3.8, 4) is 22.6 Å². The van der Waals surface area contributed by atoms with Crippen molar-refractivity contribution in [1.82, 2.24) is 0 Å². The Morgan fingerprint density at radius 2 is 1.24 bits per heavy atom. The summed E-state index contributed by atoms with van der Waals surface area (Å²) in [7, 11) is 0. The minimum absolute atomic E-state index is 0.180. The number of hydrogen-bond acceptors (Lipinski definition) is 6. The third kappa shape index (κ3) is 10.1. The zero-order chi connectivity index (χ0) is 23.9. The Bertz CT molecular complexity index is 899. The molecule has 2 aromatic carbocycles. The molecule has 0 saturated carbocycles. The molecule has 2 aromatic rings. The summed E-state index contributed by atoms with van der Waals surface area (Å²) in [5.74, 6) is 0.764. The largest absolute Gasteiger partial charge is 0.494 e. The van der Waals surface area contributed by atoms with Gasteiger partial charge in [0.1, 0.15) is 24.7 Å². The van der Waals surface area contributed by atoms with E-state index in [2.05, 4.69) is 13.2 Å². The third-order valence-electron chi connectivity index (χ3n) is 4.69. The lowest BCUT2D eigenvalue weighted by atomic mass is 10.1. The molecular formula is C27H32O6. The zero-order valence-electron chi connectivity index (χ0n) is 19.2. The summed E-state index contributed by atoms with van der Waals surface area (Å²) in [5.41, 5.74) is 2.58. The van der Waals surface area contributed by atoms with Gasteiger partial charge >= 0.3 is 11.9 Å². The predicted octanol–water partition coefficient (Wildman–Crippen LogP) is 5.52. The average molecular weight is 453 g/mol. The lowest BCUT2D eigenvalue weighted by Crippen LogP contribution is -2.10. The van der Waals surface area contributed by atoms with E-state index in [0.29, 0.717) is 24.5 Å². The van der Waals surface area contributed by atoms with Crippen molar-refractivity contribution in [2.75, 3.05) is 26.4 Å². The first-order valence-corrected chi connectivity index (χ1v) is 11.1. The molecule has 0 spiro atoms. The van der Waals surface area contributed by atoms with Gasteiger partial charge in [-0.1, -0.05) is 37.4 Å². The van der Waals surface area contributed by atoms with Crippen LogP contribution in [0.4, 0.5) is 0 Å². The van der Waals surface area contributed by atoms with Crippen molar-refractivity contribution in [3.05, 3.63) is 73.3 Å². The fourth-order valence-electron chi connectivity index (χ4n) is 2.88. The first-order valence-electron chi connectivity index (χ1n) is 11.1. The van der Waals surface area contributed by atoms with Gasteiger partial charge in [0.05, 0.1) is 13.2 Å². The van der Waals surface area contributed by atoms with E-state index in [1.54, 1.807) is 6.92 Å². The van der Waals surface area contributed by atoms with Crippen LogP contribution in [0.1, 0.15) is 32.6 Å². The molecule has 0 unspecified atom stereocenters. The molecule has 176 valence electrons. The van der Waals surface area contributed by atoms with Crippen LogP contribution < -0.4 is 9.47 Å². The molecule has 0 heterocycles. The topological polar surface area (TPSA) is 71.1 Å². The minimum Gasteiger partial charge on any atom is -0.494 e. The number of hydrogen-bond donors (Lipinski definition) is 0. The van der Waals surface area contributed by atoms with Gasteiger partial charge in [0.2, 0.25) is 0 Å². The maximum atomic E-state index is 11.3. The normalized spacial score (nSPS) is 10.2. The number of carbonyl (C=O) groups is 2. The highest BCUT2D eigenvalue weighted by Crippen LogP contribution is 2.24. The smallest absolute Gasteiger partial charge is 0.333 e. The number of rotatable bonds is 15. The second-order valence-corrected chi connectivity index (χ2v) is 7.45. The maximum Gasteiger partial charge on any atom is 0.333 e. The highest BCUT2D eigenvalue weighted by atomic mass is 16.6. The summed E-state index contributed by atoms with van der Waals surface area (Å²) in [6, 6.07) is 15.7. The van der Waals surface area contributed by atoms with Crippen molar-refractivity contribution in [3.63, 3.8) is 0 Å². The highest BCUT2D eigenvalue weighted by molar-refractivity contribution is 5.86. The second kappa shape index (κ2) is 14.5. The third-order valence-corrected chi connectivity index (χ3v) is 4.69. The van der Waals surface area contributed by atoms with Gasteiger partial charge in [-0.05, 0) is 68.0 Å². The Morgan fingerprint density at radius 3 is 1.76 bits per heavy atom. The summed E-state index contributed by atoms with van der Waals surface area (Å²) in [6.07, 6.45) is 4.93. The molecule has 0 radical (unpaired) electrons. The van der Waals surface area contributed by atoms with Crippen molar-refractivity contribution in [1.29, 1.82) is 0 Å². The summed E-state index contributed by atoms with van der Waals surface area (Å²) in [4.78, 5) is 22.3. The van der Waals surface area contributed by atoms with E-state index < -0.39 is 5.97 Å². The Labute approximate surface area is 195 Å². The van der Waals surface area contributed by atoms with Crippen LogP contribution in [0.15, 0.2) is 73.3 Å². The second-order valence-electron chi connectivity index (χ2n) is 7.45. The molecule has 6 nitrogen and oxygen atoms in total. The van der Waals surface area contributed by atoms with Crippen LogP contribution in [0.2, 0.25) is 0 Å². The fourth-order valence-corrected chi connectivity index (χ4v) is 2.88. The van der Waals surface area contributed by atoms with E-state index >= 15 is 0 Å². The number of carbonyl (C=O) groups excluding carboxylic acids is 2. The summed E-state index contributed by atoms with van der Waals surface area (Å²) in [5, 5.41) is 0. The van der Waals surface area contributed by atoms with Gasteiger partial charge in [0, 0.05) is 11.6 Å². The van der Waals surface area contributed by atoms with E-state index in [9.17, 15) is 9.59 Å². The van der Waals surface area contributed by atoms with Gasteiger partial charge in [-0.3, -0.25) is 0 Å². The number of ether oxygens (including phenoxy) is 4. The van der Waals surface area contributed by atoms with E-state index in [1.807, 2.05) is 48.5 Å². The van der Waals surface area contributed by atoms with Gasteiger partial charge in [-0.15, -0.1) is 0 Å². The van der Waals surface area contributed by atoms with Gasteiger partial charge in [0.25, 0.3) is 0 Å². The van der Waals surface area contributed by atoms with Crippen molar-refractivity contribution in [2.45, 2.75) is 32.6 Å². The summed E-state index contributed by atoms with van der Waals surface area (Å²) >= 11 is 0. The van der Waals surface area contributed by atoms with E-state index in [0.717, 1.165) is 48.6 Å². The Morgan fingerprint density at radius 1 is 0.727 bits per heavy atom. The van der Waals surface area contributed by atoms with Crippen LogP contribution in [0.25, 0.3) is 11.1 Å². The molecule has 0 N–H and O–H groups in total. The fraction of sp³-hybridized carbons (Fsp3) is 0.333. The molecule has 0 aliphatic carbocycles. The first kappa shape index (κ1) is 25.7. The number of esters is 2. The minimum atomic E-state index is -0.458. The molecule has 6 heteroatoms. The van der Waals surface area contributed by atoms with Crippen LogP contribution in [0.3, 0.4) is 0 Å². The van der Waals surface area contributed by atoms with E-state index in [-0.39, 0.29) is 19.2 Å². The molecule has 0 fully saturated rings. The Hall–Kier alpha value is -3.54. The monoisotopic (exact) mass is 452 g/mol. The molecular weight excluding hydrogens is 420 g/mol. The van der Waals surface area contributed by atoms with E-state index in [1.165, 1.54) is 0 Å². The number of benzene rings is 2. The summed E-state index contributed by atoms with van der Waals surface area (Å²) in [6.45, 7) is 10.1. The van der Waals surface area contributed by atoms with Gasteiger partial charge in [0.15, 0.2) is 0 Å². The van der Waals surface area contributed by atoms with Gasteiger partial charge in [-0.25, -0.2) is 9.59 Å². The first-order chi connectivity index (χ1) is 16.0. The van der Waals surface area contributed by atoms with Gasteiger partial charge < -0.3 is 18.9 Å². The molecule has 0 aromatic heterocycles. The lowest BCUT2D eigenvalue weighted by Gasteiger charge is -2.09. The van der Waals surface area contributed by atoms with E-state index in [4.69, 9.17) is 18.9 Å². The van der Waals surface area contributed by atoms with Crippen LogP contribution in [0.5, 0.6) is 11.5 Å². The maximum absolute atomic E-state index is 11.3. The van der Waals surface area contributed by atoms with Crippen LogP contribution in [-0.2, 0) is 19.1 Å². The highest BCUT2D eigenvalue weighted by Gasteiger charge is 2.03. The predicted molar refractivity (Wildman–Crippen MR) is 128 cm³/mol. The standard InChI is InChI=1S/C27H32O6/c1-4-26(28)32-20-19-31-25-15-11-23(12-16-25)22-9-13-24(14-10-22)30-17-7-5-6-8-18-33-27(29)21(2)3/h4,9-16H,1-2,5-8,17-20H2,3H3. The van der Waals surface area contributed by atoms with Gasteiger partial charge in [-0.2, -0.15) is 0 Å². The van der Waals surface area contributed by atoms with Crippen LogP contribution in [0, 0.1) is 0 Å². The lowest BCUT2D eigenvalue weighted by molar-refractivity contribution is -0.139. The quantitative estimate of drug-likeness (QED) is 0.201. The Kier molecular flexibility index (Phi) is 11.3. The number of unbranched alkanes of at least 4 members (excludes halogenated alkanes) is 3. The molecule has 2 rings (SSSR count). The molecule has 33 heavy (non-hydrogen) atoms.